The molecule has 1 aromatic heterocycles. The number of ether oxygens (including phenoxy) is 1. The SMILES string of the molecule is C=CCNC(=O)NC(=O)CSc1nnc(N2CCOCC2)n1-c1cccc(F)c1. The van der Waals surface area contributed by atoms with Crippen molar-refractivity contribution in [1.82, 2.24) is 25.4 Å². The normalized spacial score (nSPS) is 13.8. The van der Waals surface area contributed by atoms with Crippen LogP contribution in [0.5, 0.6) is 0 Å². The summed E-state index contributed by atoms with van der Waals surface area (Å²) in [5.41, 5.74) is 0.545. The molecule has 2 N–H and O–H groups in total. The number of rotatable bonds is 7. The average molecular weight is 420 g/mol. The van der Waals surface area contributed by atoms with Crippen molar-refractivity contribution >= 4 is 29.6 Å². The molecule has 0 unspecified atom stereocenters. The highest BCUT2D eigenvalue weighted by Gasteiger charge is 2.22. The zero-order valence-corrected chi connectivity index (χ0v) is 16.5. The Morgan fingerprint density at radius 3 is 2.83 bits per heavy atom. The van der Waals surface area contributed by atoms with E-state index in [1.54, 1.807) is 16.7 Å². The number of nitrogens with one attached hydrogen (secondary N) is 2. The molecule has 0 radical (unpaired) electrons. The lowest BCUT2D eigenvalue weighted by Crippen LogP contribution is -2.40. The highest BCUT2D eigenvalue weighted by Crippen LogP contribution is 2.27. The molecule has 2 aromatic rings. The van der Waals surface area contributed by atoms with Crippen LogP contribution < -0.4 is 15.5 Å². The lowest BCUT2D eigenvalue weighted by Gasteiger charge is -2.27. The van der Waals surface area contributed by atoms with Gasteiger partial charge in [-0.05, 0) is 18.2 Å². The highest BCUT2D eigenvalue weighted by molar-refractivity contribution is 7.99. The Bertz CT molecular complexity index is 884. The molecular formula is C18H21FN6O3S. The first-order valence-corrected chi connectivity index (χ1v) is 9.92. The topological polar surface area (TPSA) is 101 Å². The van der Waals surface area contributed by atoms with Crippen LogP contribution in [0.1, 0.15) is 0 Å². The number of thioether (sulfide) groups is 1. The van der Waals surface area contributed by atoms with Crippen molar-refractivity contribution < 1.29 is 18.7 Å². The van der Waals surface area contributed by atoms with Gasteiger partial charge in [-0.25, -0.2) is 9.18 Å². The van der Waals surface area contributed by atoms with Gasteiger partial charge in [0.05, 0.1) is 24.7 Å². The molecule has 0 bridgehead atoms. The van der Waals surface area contributed by atoms with Crippen LogP contribution in [0.2, 0.25) is 0 Å². The fraction of sp³-hybridized carbons (Fsp3) is 0.333. The Morgan fingerprint density at radius 2 is 2.10 bits per heavy atom. The van der Waals surface area contributed by atoms with Crippen LogP contribution in [-0.2, 0) is 9.53 Å². The van der Waals surface area contributed by atoms with Crippen molar-refractivity contribution in [3.63, 3.8) is 0 Å². The number of aromatic nitrogens is 3. The number of hydrogen-bond donors (Lipinski definition) is 2. The van der Waals surface area contributed by atoms with Gasteiger partial charge in [0, 0.05) is 19.6 Å². The maximum atomic E-state index is 13.8. The van der Waals surface area contributed by atoms with Gasteiger partial charge >= 0.3 is 6.03 Å². The molecule has 2 heterocycles. The van der Waals surface area contributed by atoms with Crippen LogP contribution in [0.25, 0.3) is 5.69 Å². The first kappa shape index (κ1) is 20.8. The third kappa shape index (κ3) is 5.55. The van der Waals surface area contributed by atoms with Crippen LogP contribution in [0.15, 0.2) is 42.1 Å². The summed E-state index contributed by atoms with van der Waals surface area (Å²) in [6.07, 6.45) is 1.51. The molecule has 1 saturated heterocycles. The van der Waals surface area contributed by atoms with Crippen LogP contribution in [-0.4, -0.2) is 65.3 Å². The fourth-order valence-corrected chi connectivity index (χ4v) is 3.41. The number of carbonyl (C=O) groups excluding carboxylic acids is 2. The number of carbonyl (C=O) groups is 2. The van der Waals surface area contributed by atoms with Crippen molar-refractivity contribution in [2.45, 2.75) is 5.16 Å². The first-order valence-electron chi connectivity index (χ1n) is 8.94. The quantitative estimate of drug-likeness (QED) is 0.515. The molecule has 0 atom stereocenters. The summed E-state index contributed by atoms with van der Waals surface area (Å²) in [6.45, 7) is 6.10. The third-order valence-electron chi connectivity index (χ3n) is 3.97. The zero-order valence-electron chi connectivity index (χ0n) is 15.6. The summed E-state index contributed by atoms with van der Waals surface area (Å²) in [4.78, 5) is 25.6. The number of morpholine rings is 1. The molecule has 3 amide bonds. The largest absolute Gasteiger partial charge is 0.378 e. The van der Waals surface area contributed by atoms with Gasteiger partial charge < -0.3 is 15.0 Å². The number of amides is 3. The molecule has 3 rings (SSSR count). The monoisotopic (exact) mass is 420 g/mol. The maximum Gasteiger partial charge on any atom is 0.321 e. The predicted molar refractivity (Wildman–Crippen MR) is 107 cm³/mol. The summed E-state index contributed by atoms with van der Waals surface area (Å²) in [5, 5.41) is 13.5. The Hall–Kier alpha value is -2.92. The summed E-state index contributed by atoms with van der Waals surface area (Å²) in [7, 11) is 0. The molecule has 1 aromatic carbocycles. The van der Waals surface area contributed by atoms with E-state index in [-0.39, 0.29) is 12.3 Å². The first-order chi connectivity index (χ1) is 14.1. The van der Waals surface area contributed by atoms with Crippen LogP contribution in [0.4, 0.5) is 15.1 Å². The standard InChI is InChI=1S/C18H21FN6O3S/c1-2-6-20-16(27)21-15(26)12-29-18-23-22-17(24-7-9-28-10-8-24)25(18)14-5-3-4-13(19)11-14/h2-5,11H,1,6-10,12H2,(H2,20,21,26,27). The average Bonchev–Trinajstić information content (AvgIpc) is 3.15. The number of urea groups is 1. The number of benzene rings is 1. The van der Waals surface area contributed by atoms with E-state index in [1.165, 1.54) is 18.2 Å². The Labute approximate surface area is 171 Å². The summed E-state index contributed by atoms with van der Waals surface area (Å²) < 4.78 is 20.9. The number of anilines is 1. The van der Waals surface area contributed by atoms with Gasteiger partial charge in [-0.15, -0.1) is 16.8 Å². The van der Waals surface area contributed by atoms with E-state index in [4.69, 9.17) is 4.74 Å². The number of hydrogen-bond acceptors (Lipinski definition) is 7. The Morgan fingerprint density at radius 1 is 1.31 bits per heavy atom. The minimum atomic E-state index is -0.601. The van der Waals surface area contributed by atoms with E-state index >= 15 is 0 Å². The molecule has 0 spiro atoms. The van der Waals surface area contributed by atoms with Crippen LogP contribution in [0.3, 0.4) is 0 Å². The van der Waals surface area contributed by atoms with Gasteiger partial charge in [0.25, 0.3) is 0 Å². The third-order valence-corrected chi connectivity index (χ3v) is 4.90. The molecule has 0 aliphatic carbocycles. The van der Waals surface area contributed by atoms with E-state index in [2.05, 4.69) is 27.4 Å². The molecule has 29 heavy (non-hydrogen) atoms. The summed E-state index contributed by atoms with van der Waals surface area (Å²) in [5.74, 6) is -0.390. The number of imide groups is 1. The van der Waals surface area contributed by atoms with Gasteiger partial charge in [-0.2, -0.15) is 0 Å². The van der Waals surface area contributed by atoms with Crippen LogP contribution >= 0.6 is 11.8 Å². The summed E-state index contributed by atoms with van der Waals surface area (Å²) >= 11 is 1.10. The van der Waals surface area contributed by atoms with Gasteiger partial charge in [-0.3, -0.25) is 14.7 Å². The second-order valence-electron chi connectivity index (χ2n) is 6.03. The smallest absolute Gasteiger partial charge is 0.321 e. The van der Waals surface area contributed by atoms with Crippen LogP contribution in [0, 0.1) is 5.82 Å². The van der Waals surface area contributed by atoms with Crippen molar-refractivity contribution in [2.24, 2.45) is 0 Å². The minimum Gasteiger partial charge on any atom is -0.378 e. The van der Waals surface area contributed by atoms with Gasteiger partial charge in [0.15, 0.2) is 5.16 Å². The lowest BCUT2D eigenvalue weighted by atomic mass is 10.3. The van der Waals surface area contributed by atoms with Crippen molar-refractivity contribution in [2.75, 3.05) is 43.5 Å². The minimum absolute atomic E-state index is 0.0575. The van der Waals surface area contributed by atoms with Gasteiger partial charge in [-0.1, -0.05) is 23.9 Å². The molecular weight excluding hydrogens is 399 g/mol. The van der Waals surface area contributed by atoms with Crippen molar-refractivity contribution in [3.05, 3.63) is 42.7 Å². The molecule has 1 aliphatic rings. The Balaban J connectivity index is 1.77. The lowest BCUT2D eigenvalue weighted by molar-refractivity contribution is -0.117. The zero-order chi connectivity index (χ0) is 20.6. The molecule has 1 aliphatic heterocycles. The Kier molecular flexibility index (Phi) is 7.19. The van der Waals surface area contributed by atoms with E-state index in [1.807, 2.05) is 4.90 Å². The van der Waals surface area contributed by atoms with E-state index in [9.17, 15) is 14.0 Å². The summed E-state index contributed by atoms with van der Waals surface area (Å²) in [6, 6.07) is 5.46. The molecule has 11 heteroatoms. The van der Waals surface area contributed by atoms with Crippen molar-refractivity contribution in [3.8, 4) is 5.69 Å². The second-order valence-corrected chi connectivity index (χ2v) is 6.98. The van der Waals surface area contributed by atoms with E-state index in [0.717, 1.165) is 11.8 Å². The molecule has 1 fully saturated rings. The molecule has 9 nitrogen and oxygen atoms in total. The number of halogens is 1. The molecule has 0 saturated carbocycles. The van der Waals surface area contributed by atoms with E-state index in [0.29, 0.717) is 43.1 Å². The van der Waals surface area contributed by atoms with Gasteiger partial charge in [0.1, 0.15) is 5.82 Å². The maximum absolute atomic E-state index is 13.8. The van der Waals surface area contributed by atoms with Crippen molar-refractivity contribution in [1.29, 1.82) is 0 Å². The molecule has 154 valence electrons. The second kappa shape index (κ2) is 10.0. The number of nitrogens with zero attached hydrogens (tertiary/aromatic N) is 4. The highest BCUT2D eigenvalue weighted by atomic mass is 32.2. The predicted octanol–water partition coefficient (Wildman–Crippen LogP) is 1.35. The van der Waals surface area contributed by atoms with Gasteiger partial charge in [0.2, 0.25) is 11.9 Å². The fourth-order valence-electron chi connectivity index (χ4n) is 2.67. The van der Waals surface area contributed by atoms with E-state index < -0.39 is 17.8 Å².